The van der Waals surface area contributed by atoms with Crippen LogP contribution in [0.1, 0.15) is 16.8 Å². The van der Waals surface area contributed by atoms with Crippen molar-refractivity contribution in [1.29, 1.82) is 0 Å². The zero-order chi connectivity index (χ0) is 16.3. The minimum Gasteiger partial charge on any atom is -0.339 e. The van der Waals surface area contributed by atoms with Crippen molar-refractivity contribution in [2.75, 3.05) is 26.2 Å². The van der Waals surface area contributed by atoms with E-state index in [9.17, 15) is 22.8 Å². The second kappa shape index (κ2) is 6.56. The Labute approximate surface area is 130 Å². The first-order valence-corrected chi connectivity index (χ1v) is 7.03. The first kappa shape index (κ1) is 16.6. The van der Waals surface area contributed by atoms with Crippen molar-refractivity contribution in [3.05, 3.63) is 34.9 Å². The highest BCUT2D eigenvalue weighted by molar-refractivity contribution is 6.30. The third kappa shape index (κ3) is 4.37. The number of carbonyl (C=O) groups excluding carboxylic acids is 2. The van der Waals surface area contributed by atoms with Gasteiger partial charge in [-0.1, -0.05) is 11.6 Å². The van der Waals surface area contributed by atoms with Gasteiger partial charge in [-0.2, -0.15) is 13.2 Å². The number of hydrogen-bond donors (Lipinski definition) is 0. The summed E-state index contributed by atoms with van der Waals surface area (Å²) in [5, 5.41) is 0.513. The third-order valence-electron chi connectivity index (χ3n) is 3.36. The van der Waals surface area contributed by atoms with E-state index in [4.69, 9.17) is 11.6 Å². The summed E-state index contributed by atoms with van der Waals surface area (Å²) in [4.78, 5) is 26.4. The molecule has 0 spiro atoms. The number of nitrogens with zero attached hydrogens (tertiary/aromatic N) is 2. The van der Waals surface area contributed by atoms with Crippen molar-refractivity contribution in [3.8, 4) is 0 Å². The maximum Gasteiger partial charge on any atom is 0.397 e. The van der Waals surface area contributed by atoms with Crippen LogP contribution in [0.3, 0.4) is 0 Å². The predicted octanol–water partition coefficient (Wildman–Crippen LogP) is 2.58. The average molecular weight is 335 g/mol. The molecule has 0 saturated carbocycles. The summed E-state index contributed by atoms with van der Waals surface area (Å²) in [5.41, 5.74) is 0.458. The van der Waals surface area contributed by atoms with Gasteiger partial charge >= 0.3 is 6.18 Å². The SMILES string of the molecule is O=C(CC(F)(F)F)N1CCN(C(=O)c2ccc(Cl)cc2)CC1. The minimum absolute atomic E-state index is 0.105. The summed E-state index contributed by atoms with van der Waals surface area (Å²) in [6.45, 7) is 0.637. The van der Waals surface area contributed by atoms with Gasteiger partial charge in [-0.3, -0.25) is 9.59 Å². The highest BCUT2D eigenvalue weighted by Gasteiger charge is 2.34. The van der Waals surface area contributed by atoms with Crippen LogP contribution in [0.4, 0.5) is 13.2 Å². The van der Waals surface area contributed by atoms with Crippen molar-refractivity contribution in [1.82, 2.24) is 9.80 Å². The number of piperazine rings is 1. The Morgan fingerprint density at radius 2 is 1.50 bits per heavy atom. The zero-order valence-electron chi connectivity index (χ0n) is 11.6. The molecule has 0 atom stereocenters. The maximum absolute atomic E-state index is 12.2. The van der Waals surface area contributed by atoms with Gasteiger partial charge in [0.25, 0.3) is 5.91 Å². The molecular formula is C14H14ClF3N2O2. The molecule has 1 heterocycles. The fraction of sp³-hybridized carbons (Fsp3) is 0.429. The van der Waals surface area contributed by atoms with Crippen molar-refractivity contribution in [3.63, 3.8) is 0 Å². The third-order valence-corrected chi connectivity index (χ3v) is 3.61. The molecule has 1 aliphatic rings. The lowest BCUT2D eigenvalue weighted by atomic mass is 10.2. The van der Waals surface area contributed by atoms with Crippen LogP contribution in [0.15, 0.2) is 24.3 Å². The van der Waals surface area contributed by atoms with Crippen LogP contribution >= 0.6 is 11.6 Å². The van der Waals surface area contributed by atoms with E-state index in [1.807, 2.05) is 0 Å². The number of carbonyl (C=O) groups is 2. The molecule has 1 aromatic carbocycles. The number of amides is 2. The van der Waals surface area contributed by atoms with E-state index in [-0.39, 0.29) is 32.1 Å². The molecule has 2 amide bonds. The van der Waals surface area contributed by atoms with Crippen molar-refractivity contribution in [2.24, 2.45) is 0 Å². The number of benzene rings is 1. The molecule has 4 nitrogen and oxygen atoms in total. The molecule has 120 valence electrons. The number of alkyl halides is 3. The molecule has 0 aromatic heterocycles. The molecule has 0 bridgehead atoms. The lowest BCUT2D eigenvalue weighted by Crippen LogP contribution is -2.51. The van der Waals surface area contributed by atoms with E-state index in [1.165, 1.54) is 4.90 Å². The fourth-order valence-electron chi connectivity index (χ4n) is 2.22. The quantitative estimate of drug-likeness (QED) is 0.834. The molecule has 1 saturated heterocycles. The molecule has 0 unspecified atom stereocenters. The van der Waals surface area contributed by atoms with E-state index in [0.29, 0.717) is 10.6 Å². The number of rotatable bonds is 2. The Morgan fingerprint density at radius 1 is 1.00 bits per heavy atom. The van der Waals surface area contributed by atoms with Gasteiger partial charge in [0.1, 0.15) is 6.42 Å². The van der Waals surface area contributed by atoms with Gasteiger partial charge < -0.3 is 9.80 Å². The van der Waals surface area contributed by atoms with Crippen LogP contribution in [-0.2, 0) is 4.79 Å². The van der Waals surface area contributed by atoms with E-state index < -0.39 is 18.5 Å². The first-order chi connectivity index (χ1) is 10.3. The second-order valence-corrected chi connectivity index (χ2v) is 5.41. The van der Waals surface area contributed by atoms with Crippen LogP contribution in [0.25, 0.3) is 0 Å². The first-order valence-electron chi connectivity index (χ1n) is 6.65. The predicted molar refractivity (Wildman–Crippen MR) is 74.6 cm³/mol. The summed E-state index contributed by atoms with van der Waals surface area (Å²) < 4.78 is 36.6. The molecule has 1 fully saturated rings. The molecule has 0 radical (unpaired) electrons. The molecule has 22 heavy (non-hydrogen) atoms. The Hall–Kier alpha value is -1.76. The van der Waals surface area contributed by atoms with Crippen molar-refractivity contribution in [2.45, 2.75) is 12.6 Å². The van der Waals surface area contributed by atoms with Crippen LogP contribution in [0, 0.1) is 0 Å². The highest BCUT2D eigenvalue weighted by atomic mass is 35.5. The number of halogens is 4. The minimum atomic E-state index is -4.51. The molecule has 8 heteroatoms. The van der Waals surface area contributed by atoms with Crippen LogP contribution in [0.2, 0.25) is 5.02 Å². The lowest BCUT2D eigenvalue weighted by molar-refractivity contribution is -0.162. The maximum atomic E-state index is 12.2. The van der Waals surface area contributed by atoms with Crippen LogP contribution < -0.4 is 0 Å². The second-order valence-electron chi connectivity index (χ2n) is 4.97. The van der Waals surface area contributed by atoms with Gasteiger partial charge in [-0.25, -0.2) is 0 Å². The van der Waals surface area contributed by atoms with E-state index in [2.05, 4.69) is 0 Å². The Morgan fingerprint density at radius 3 is 2.00 bits per heavy atom. The summed E-state index contributed by atoms with van der Waals surface area (Å²) >= 11 is 5.75. The molecular weight excluding hydrogens is 321 g/mol. The molecule has 2 rings (SSSR count). The van der Waals surface area contributed by atoms with Crippen molar-refractivity contribution < 1.29 is 22.8 Å². The Kier molecular flexibility index (Phi) is 4.95. The summed E-state index contributed by atoms with van der Waals surface area (Å²) in [7, 11) is 0. The largest absolute Gasteiger partial charge is 0.397 e. The molecule has 1 aromatic rings. The lowest BCUT2D eigenvalue weighted by Gasteiger charge is -2.35. The Balaban J connectivity index is 1.90. The van der Waals surface area contributed by atoms with Gasteiger partial charge in [-0.05, 0) is 24.3 Å². The van der Waals surface area contributed by atoms with Crippen molar-refractivity contribution >= 4 is 23.4 Å². The highest BCUT2D eigenvalue weighted by Crippen LogP contribution is 2.21. The summed E-state index contributed by atoms with van der Waals surface area (Å²) in [6, 6.07) is 6.37. The molecule has 0 N–H and O–H groups in total. The topological polar surface area (TPSA) is 40.6 Å². The van der Waals surface area contributed by atoms with Gasteiger partial charge in [0.2, 0.25) is 5.91 Å². The molecule has 0 aliphatic carbocycles. The summed E-state index contributed by atoms with van der Waals surface area (Å²) in [5.74, 6) is -1.18. The van der Waals surface area contributed by atoms with Gasteiger partial charge in [0.05, 0.1) is 0 Å². The van der Waals surface area contributed by atoms with E-state index in [0.717, 1.165) is 4.90 Å². The molecule has 1 aliphatic heterocycles. The van der Waals surface area contributed by atoms with Gasteiger partial charge in [0, 0.05) is 36.8 Å². The standard InChI is InChI=1S/C14H14ClF3N2O2/c15-11-3-1-10(2-4-11)13(22)20-7-5-19(6-8-20)12(21)9-14(16,17)18/h1-4H,5-9H2. The van der Waals surface area contributed by atoms with Gasteiger partial charge in [-0.15, -0.1) is 0 Å². The van der Waals surface area contributed by atoms with E-state index in [1.54, 1.807) is 24.3 Å². The summed E-state index contributed by atoms with van der Waals surface area (Å²) in [6.07, 6.45) is -5.97. The number of hydrogen-bond acceptors (Lipinski definition) is 2. The Bertz CT molecular complexity index is 552. The smallest absolute Gasteiger partial charge is 0.339 e. The van der Waals surface area contributed by atoms with Crippen LogP contribution in [0.5, 0.6) is 0 Å². The van der Waals surface area contributed by atoms with Crippen LogP contribution in [-0.4, -0.2) is 54.0 Å². The average Bonchev–Trinajstić information content (AvgIpc) is 2.46. The monoisotopic (exact) mass is 334 g/mol. The van der Waals surface area contributed by atoms with Gasteiger partial charge in [0.15, 0.2) is 0 Å². The fourth-order valence-corrected chi connectivity index (χ4v) is 2.34. The zero-order valence-corrected chi connectivity index (χ0v) is 12.3. The van der Waals surface area contributed by atoms with E-state index >= 15 is 0 Å². The normalized spacial score (nSPS) is 15.8.